The molecular weight excluding hydrogens is 395 g/mol. The van der Waals surface area contributed by atoms with Crippen molar-refractivity contribution in [2.24, 2.45) is 5.73 Å². The Morgan fingerprint density at radius 1 is 1.31 bits per heavy atom. The van der Waals surface area contributed by atoms with E-state index in [1.807, 2.05) is 0 Å². The molecule has 1 aliphatic heterocycles. The Hall–Kier alpha value is -3.47. The highest BCUT2D eigenvalue weighted by Gasteiger charge is 2.36. The van der Waals surface area contributed by atoms with E-state index in [4.69, 9.17) is 20.0 Å². The molecule has 0 fully saturated rings. The third kappa shape index (κ3) is 4.51. The fourth-order valence-electron chi connectivity index (χ4n) is 2.66. The van der Waals surface area contributed by atoms with Crippen LogP contribution in [0.2, 0.25) is 0 Å². The second-order valence-corrected chi connectivity index (χ2v) is 6.07. The molecule has 1 aromatic carbocycles. The molecule has 0 saturated carbocycles. The van der Waals surface area contributed by atoms with Gasteiger partial charge in [-0.25, -0.2) is 0 Å². The number of primary amides is 1. The smallest absolute Gasteiger partial charge is 0.431 e. The number of aromatic nitrogens is 1. The first-order valence-corrected chi connectivity index (χ1v) is 8.23. The minimum absolute atomic E-state index is 0.0167. The van der Waals surface area contributed by atoms with E-state index in [1.165, 1.54) is 35.8 Å². The van der Waals surface area contributed by atoms with Gasteiger partial charge in [-0.3, -0.25) is 9.59 Å². The molecule has 2 aromatic rings. The maximum atomic E-state index is 13.4. The van der Waals surface area contributed by atoms with Crippen LogP contribution in [0.25, 0.3) is 11.1 Å². The normalized spacial score (nSPS) is 14.2. The van der Waals surface area contributed by atoms with Gasteiger partial charge in [-0.2, -0.15) is 13.2 Å². The number of nitrogens with two attached hydrogens (primary N) is 1. The standard InChI is InChI=1S/C18H16F3N3O5/c1-10-6-11(2-3-14(10)28-9-24-8-27-4-5-29-24)12-7-13(16(22)25)17(26)23-15(12)18(19,20)21/h2-7H,8-9H2,1H3,(H2,22,25)(H,23,26). The van der Waals surface area contributed by atoms with Gasteiger partial charge in [-0.1, -0.05) is 11.1 Å². The fraction of sp³-hybridized carbons (Fsp3) is 0.222. The molecule has 2 heterocycles. The zero-order valence-electron chi connectivity index (χ0n) is 15.1. The lowest BCUT2D eigenvalue weighted by molar-refractivity contribution is -0.203. The number of nitrogens with zero attached hydrogens (tertiary/aromatic N) is 1. The van der Waals surface area contributed by atoms with Gasteiger partial charge in [0.1, 0.15) is 29.5 Å². The predicted molar refractivity (Wildman–Crippen MR) is 94.3 cm³/mol. The predicted octanol–water partition coefficient (Wildman–Crippen LogP) is 2.50. The lowest BCUT2D eigenvalue weighted by Crippen LogP contribution is -2.30. The zero-order valence-corrected chi connectivity index (χ0v) is 15.1. The van der Waals surface area contributed by atoms with E-state index in [9.17, 15) is 22.8 Å². The summed E-state index contributed by atoms with van der Waals surface area (Å²) in [6.45, 7) is 1.80. The van der Waals surface area contributed by atoms with Crippen molar-refractivity contribution in [1.82, 2.24) is 10.0 Å². The number of hydrogen-bond acceptors (Lipinski definition) is 6. The monoisotopic (exact) mass is 411 g/mol. The van der Waals surface area contributed by atoms with E-state index in [0.717, 1.165) is 6.07 Å². The number of pyridine rings is 1. The first kappa shape index (κ1) is 20.3. The number of amides is 1. The highest BCUT2D eigenvalue weighted by molar-refractivity contribution is 5.94. The molecule has 0 aliphatic carbocycles. The minimum atomic E-state index is -4.84. The van der Waals surface area contributed by atoms with Gasteiger partial charge in [0.05, 0.1) is 0 Å². The number of benzene rings is 1. The first-order chi connectivity index (χ1) is 13.7. The summed E-state index contributed by atoms with van der Waals surface area (Å²) in [7, 11) is 0. The number of halogens is 3. The summed E-state index contributed by atoms with van der Waals surface area (Å²) in [4.78, 5) is 30.0. The topological polar surface area (TPSA) is 107 Å². The van der Waals surface area contributed by atoms with Crippen LogP contribution in [0.4, 0.5) is 13.2 Å². The van der Waals surface area contributed by atoms with Crippen LogP contribution in [0.15, 0.2) is 41.6 Å². The highest BCUT2D eigenvalue weighted by Crippen LogP contribution is 2.36. The minimum Gasteiger partial charge on any atom is -0.479 e. The number of aryl methyl sites for hydroxylation is 1. The number of hydroxylamine groups is 2. The van der Waals surface area contributed by atoms with Crippen LogP contribution in [-0.4, -0.2) is 29.4 Å². The molecule has 3 rings (SSSR count). The lowest BCUT2D eigenvalue weighted by Gasteiger charge is -2.23. The quantitative estimate of drug-likeness (QED) is 0.783. The third-order valence-electron chi connectivity index (χ3n) is 4.02. The van der Waals surface area contributed by atoms with E-state index >= 15 is 0 Å². The highest BCUT2D eigenvalue weighted by atomic mass is 19.4. The molecule has 1 amide bonds. The Bertz CT molecular complexity index is 1020. The van der Waals surface area contributed by atoms with Crippen LogP contribution in [0.3, 0.4) is 0 Å². The van der Waals surface area contributed by atoms with Gasteiger partial charge in [0, 0.05) is 5.56 Å². The van der Waals surface area contributed by atoms with Crippen LogP contribution >= 0.6 is 0 Å². The summed E-state index contributed by atoms with van der Waals surface area (Å²) in [5.74, 6) is -0.726. The molecule has 154 valence electrons. The number of hydrogen-bond donors (Lipinski definition) is 2. The van der Waals surface area contributed by atoms with Crippen LogP contribution in [0.5, 0.6) is 5.75 Å². The Morgan fingerprint density at radius 2 is 2.07 bits per heavy atom. The number of H-pyrrole nitrogens is 1. The molecule has 0 bridgehead atoms. The maximum absolute atomic E-state index is 13.4. The van der Waals surface area contributed by atoms with Crippen LogP contribution < -0.4 is 16.0 Å². The average Bonchev–Trinajstić information content (AvgIpc) is 2.66. The Kier molecular flexibility index (Phi) is 5.50. The number of carbonyl (C=O) groups is 1. The Labute approximate surface area is 162 Å². The van der Waals surface area contributed by atoms with Crippen molar-refractivity contribution in [3.8, 4) is 16.9 Å². The summed E-state index contributed by atoms with van der Waals surface area (Å²) in [5.41, 5.74) is 2.32. The van der Waals surface area contributed by atoms with Crippen molar-refractivity contribution in [3.05, 3.63) is 64.0 Å². The van der Waals surface area contributed by atoms with Gasteiger partial charge in [-0.15, -0.1) is 0 Å². The van der Waals surface area contributed by atoms with Crippen molar-refractivity contribution in [2.75, 3.05) is 13.5 Å². The van der Waals surface area contributed by atoms with Gasteiger partial charge in [-0.05, 0) is 36.2 Å². The van der Waals surface area contributed by atoms with Crippen molar-refractivity contribution in [1.29, 1.82) is 0 Å². The summed E-state index contributed by atoms with van der Waals surface area (Å²) in [5, 5.41) is 1.37. The molecule has 8 nitrogen and oxygen atoms in total. The molecule has 3 N–H and O–H groups in total. The van der Waals surface area contributed by atoms with E-state index < -0.39 is 28.9 Å². The van der Waals surface area contributed by atoms with E-state index in [0.29, 0.717) is 11.3 Å². The average molecular weight is 411 g/mol. The summed E-state index contributed by atoms with van der Waals surface area (Å²) < 4.78 is 50.8. The number of alkyl halides is 3. The van der Waals surface area contributed by atoms with Gasteiger partial charge >= 0.3 is 6.18 Å². The molecule has 1 aromatic heterocycles. The largest absolute Gasteiger partial charge is 0.479 e. The van der Waals surface area contributed by atoms with E-state index in [2.05, 4.69) is 0 Å². The molecule has 11 heteroatoms. The van der Waals surface area contributed by atoms with Crippen molar-refractivity contribution in [3.63, 3.8) is 0 Å². The molecule has 0 saturated heterocycles. The van der Waals surface area contributed by atoms with E-state index in [1.54, 1.807) is 11.9 Å². The molecule has 0 atom stereocenters. The number of aromatic amines is 1. The molecule has 0 spiro atoms. The number of nitrogens with one attached hydrogen (secondary N) is 1. The van der Waals surface area contributed by atoms with Gasteiger partial charge in [0.15, 0.2) is 13.5 Å². The van der Waals surface area contributed by atoms with Crippen molar-refractivity contribution < 1.29 is 32.3 Å². The number of carbonyl (C=O) groups excluding carboxylic acids is 1. The fourth-order valence-corrected chi connectivity index (χ4v) is 2.66. The number of rotatable bonds is 5. The van der Waals surface area contributed by atoms with Gasteiger partial charge in [0.2, 0.25) is 0 Å². The first-order valence-electron chi connectivity index (χ1n) is 8.23. The molecule has 0 radical (unpaired) electrons. The Balaban J connectivity index is 1.94. The SMILES string of the molecule is Cc1cc(-c2cc(C(N)=O)c(=O)[nH]c2C(F)(F)F)ccc1OCN1COC=CO1. The Morgan fingerprint density at radius 3 is 2.66 bits per heavy atom. The molecule has 1 aliphatic rings. The lowest BCUT2D eigenvalue weighted by atomic mass is 9.99. The van der Waals surface area contributed by atoms with Crippen LogP contribution in [0.1, 0.15) is 21.6 Å². The summed E-state index contributed by atoms with van der Waals surface area (Å²) in [6, 6.07) is 5.13. The molecular formula is C18H16F3N3O5. The van der Waals surface area contributed by atoms with E-state index in [-0.39, 0.29) is 24.6 Å². The van der Waals surface area contributed by atoms with Crippen molar-refractivity contribution in [2.45, 2.75) is 13.1 Å². The second kappa shape index (κ2) is 7.87. The zero-order chi connectivity index (χ0) is 21.2. The number of ether oxygens (including phenoxy) is 2. The third-order valence-corrected chi connectivity index (χ3v) is 4.02. The maximum Gasteiger partial charge on any atom is 0.431 e. The van der Waals surface area contributed by atoms with Gasteiger partial charge < -0.3 is 25.0 Å². The molecule has 29 heavy (non-hydrogen) atoms. The second-order valence-electron chi connectivity index (χ2n) is 6.07. The van der Waals surface area contributed by atoms with Crippen molar-refractivity contribution >= 4 is 5.91 Å². The molecule has 0 unspecified atom stereocenters. The summed E-state index contributed by atoms with van der Waals surface area (Å²) >= 11 is 0. The van der Waals surface area contributed by atoms with Gasteiger partial charge in [0.25, 0.3) is 11.5 Å². The summed E-state index contributed by atoms with van der Waals surface area (Å²) in [6.07, 6.45) is -2.14. The van der Waals surface area contributed by atoms with Crippen LogP contribution in [0, 0.1) is 6.92 Å². The van der Waals surface area contributed by atoms with Crippen LogP contribution in [-0.2, 0) is 15.8 Å².